The summed E-state index contributed by atoms with van der Waals surface area (Å²) in [6.45, 7) is 0. The Morgan fingerprint density at radius 2 is 2.38 bits per heavy atom. The van der Waals surface area contributed by atoms with Crippen molar-refractivity contribution in [3.63, 3.8) is 0 Å². The van der Waals surface area contributed by atoms with Crippen LogP contribution in [0.3, 0.4) is 0 Å². The molecule has 0 aliphatic heterocycles. The summed E-state index contributed by atoms with van der Waals surface area (Å²) in [4.78, 5) is 3.98. The van der Waals surface area contributed by atoms with Crippen LogP contribution in [0.1, 0.15) is 5.56 Å². The summed E-state index contributed by atoms with van der Waals surface area (Å²) >= 11 is 5.59. The normalized spacial score (nSPS) is 10.2. The highest BCUT2D eigenvalue weighted by Crippen LogP contribution is 2.22. The van der Waals surface area contributed by atoms with Crippen LogP contribution in [-0.2, 0) is 6.42 Å². The van der Waals surface area contributed by atoms with Crippen LogP contribution >= 0.6 is 11.6 Å². The van der Waals surface area contributed by atoms with Crippen molar-refractivity contribution < 1.29 is 4.42 Å². The number of hydrogen-bond acceptors (Lipinski definition) is 3. The van der Waals surface area contributed by atoms with Crippen molar-refractivity contribution in [2.75, 3.05) is 0 Å². The van der Waals surface area contributed by atoms with Crippen molar-refractivity contribution in [2.45, 2.75) is 6.42 Å². The quantitative estimate of drug-likeness (QED) is 0.698. The Balaban J connectivity index is 2.69. The first-order chi connectivity index (χ1) is 6.31. The van der Waals surface area contributed by atoms with Crippen molar-refractivity contribution in [3.8, 4) is 6.07 Å². The number of rotatable bonds is 1. The maximum atomic E-state index is 8.54. The zero-order chi connectivity index (χ0) is 9.26. The van der Waals surface area contributed by atoms with Gasteiger partial charge in [0, 0.05) is 0 Å². The van der Waals surface area contributed by atoms with Crippen molar-refractivity contribution in [3.05, 3.63) is 29.1 Å². The molecule has 2 rings (SSSR count). The lowest BCUT2D eigenvalue weighted by Gasteiger charge is -1.92. The van der Waals surface area contributed by atoms with Crippen LogP contribution in [0.25, 0.3) is 11.1 Å². The maximum absolute atomic E-state index is 8.54. The molecule has 0 N–H and O–H groups in total. The minimum Gasteiger partial charge on any atom is -0.428 e. The topological polar surface area (TPSA) is 49.8 Å². The summed E-state index contributed by atoms with van der Waals surface area (Å²) in [6.07, 6.45) is 0.320. The van der Waals surface area contributed by atoms with E-state index in [0.29, 0.717) is 17.5 Å². The van der Waals surface area contributed by atoms with Crippen molar-refractivity contribution in [2.24, 2.45) is 0 Å². The van der Waals surface area contributed by atoms with Gasteiger partial charge in [-0.05, 0) is 23.2 Å². The molecular weight excluding hydrogens is 188 g/mol. The lowest BCUT2D eigenvalue weighted by Crippen LogP contribution is -1.82. The SMILES string of the molecule is N#CCc1cccc2oc(Cl)nc12. The minimum atomic E-state index is 0.111. The van der Waals surface area contributed by atoms with Gasteiger partial charge in [-0.1, -0.05) is 12.1 Å². The fourth-order valence-electron chi connectivity index (χ4n) is 1.21. The molecule has 3 nitrogen and oxygen atoms in total. The van der Waals surface area contributed by atoms with Gasteiger partial charge in [-0.15, -0.1) is 0 Å². The van der Waals surface area contributed by atoms with Crippen LogP contribution in [0.2, 0.25) is 5.35 Å². The van der Waals surface area contributed by atoms with Gasteiger partial charge in [0.2, 0.25) is 0 Å². The van der Waals surface area contributed by atoms with E-state index in [1.54, 1.807) is 6.07 Å². The van der Waals surface area contributed by atoms with Gasteiger partial charge in [0.15, 0.2) is 5.58 Å². The van der Waals surface area contributed by atoms with E-state index in [4.69, 9.17) is 21.3 Å². The highest BCUT2D eigenvalue weighted by molar-refractivity contribution is 6.28. The smallest absolute Gasteiger partial charge is 0.293 e. The summed E-state index contributed by atoms with van der Waals surface area (Å²) < 4.78 is 5.10. The molecule has 0 bridgehead atoms. The molecule has 4 heteroatoms. The minimum absolute atomic E-state index is 0.111. The Morgan fingerprint density at radius 3 is 3.15 bits per heavy atom. The number of hydrogen-bond donors (Lipinski definition) is 0. The lowest BCUT2D eigenvalue weighted by atomic mass is 10.1. The van der Waals surface area contributed by atoms with E-state index in [9.17, 15) is 0 Å². The van der Waals surface area contributed by atoms with E-state index in [0.717, 1.165) is 5.56 Å². The van der Waals surface area contributed by atoms with Crippen LogP contribution in [0.5, 0.6) is 0 Å². The summed E-state index contributed by atoms with van der Waals surface area (Å²) in [5.74, 6) is 0. The first-order valence-corrected chi connectivity index (χ1v) is 4.10. The molecule has 0 radical (unpaired) electrons. The standard InChI is InChI=1S/C9H5ClN2O/c10-9-12-8-6(4-5-11)2-1-3-7(8)13-9/h1-3H,4H2. The summed E-state index contributed by atoms with van der Waals surface area (Å²) in [5.41, 5.74) is 2.14. The molecule has 0 spiro atoms. The van der Waals surface area contributed by atoms with Gasteiger partial charge < -0.3 is 4.42 Å². The van der Waals surface area contributed by atoms with Crippen LogP contribution in [-0.4, -0.2) is 4.98 Å². The van der Waals surface area contributed by atoms with Gasteiger partial charge in [-0.3, -0.25) is 0 Å². The molecule has 2 aromatic rings. The van der Waals surface area contributed by atoms with E-state index in [1.807, 2.05) is 12.1 Å². The molecule has 0 fully saturated rings. The molecule has 0 unspecified atom stereocenters. The monoisotopic (exact) mass is 192 g/mol. The third-order valence-corrected chi connectivity index (χ3v) is 1.91. The maximum Gasteiger partial charge on any atom is 0.293 e. The third-order valence-electron chi connectivity index (χ3n) is 1.75. The zero-order valence-electron chi connectivity index (χ0n) is 6.62. The number of benzene rings is 1. The number of oxazole rings is 1. The van der Waals surface area contributed by atoms with Gasteiger partial charge in [0.25, 0.3) is 5.35 Å². The first kappa shape index (κ1) is 8.09. The Hall–Kier alpha value is -1.53. The lowest BCUT2D eigenvalue weighted by molar-refractivity contribution is 0.604. The predicted octanol–water partition coefficient (Wildman–Crippen LogP) is 2.55. The van der Waals surface area contributed by atoms with Crippen LogP contribution in [0, 0.1) is 11.3 Å². The van der Waals surface area contributed by atoms with Crippen molar-refractivity contribution in [1.82, 2.24) is 4.98 Å². The van der Waals surface area contributed by atoms with Gasteiger partial charge in [-0.25, -0.2) is 0 Å². The molecule has 0 amide bonds. The van der Waals surface area contributed by atoms with Crippen LogP contribution < -0.4 is 0 Å². The second-order valence-corrected chi connectivity index (χ2v) is 2.89. The van der Waals surface area contributed by atoms with Crippen molar-refractivity contribution >= 4 is 22.7 Å². The molecule has 64 valence electrons. The van der Waals surface area contributed by atoms with E-state index in [1.165, 1.54) is 0 Å². The molecule has 0 aliphatic carbocycles. The third kappa shape index (κ3) is 1.36. The van der Waals surface area contributed by atoms with Crippen LogP contribution in [0.15, 0.2) is 22.6 Å². The molecule has 0 saturated carbocycles. The van der Waals surface area contributed by atoms with E-state index in [2.05, 4.69) is 11.1 Å². The molecule has 1 aromatic carbocycles. The van der Waals surface area contributed by atoms with E-state index < -0.39 is 0 Å². The van der Waals surface area contributed by atoms with Crippen molar-refractivity contribution in [1.29, 1.82) is 5.26 Å². The Labute approximate surface area is 79.6 Å². The molecular formula is C9H5ClN2O. The fraction of sp³-hybridized carbons (Fsp3) is 0.111. The number of halogens is 1. The van der Waals surface area contributed by atoms with Gasteiger partial charge in [-0.2, -0.15) is 10.2 Å². The van der Waals surface area contributed by atoms with E-state index >= 15 is 0 Å². The Morgan fingerprint density at radius 1 is 1.54 bits per heavy atom. The predicted molar refractivity (Wildman–Crippen MR) is 48.3 cm³/mol. The fourth-order valence-corrected chi connectivity index (χ4v) is 1.37. The second kappa shape index (κ2) is 3.08. The molecule has 0 aliphatic rings. The summed E-state index contributed by atoms with van der Waals surface area (Å²) in [6, 6.07) is 7.49. The molecule has 1 aromatic heterocycles. The summed E-state index contributed by atoms with van der Waals surface area (Å²) in [5, 5.41) is 8.66. The molecule has 0 atom stereocenters. The summed E-state index contributed by atoms with van der Waals surface area (Å²) in [7, 11) is 0. The molecule has 13 heavy (non-hydrogen) atoms. The number of aromatic nitrogens is 1. The Kier molecular flexibility index (Phi) is 1.91. The molecule has 0 saturated heterocycles. The highest BCUT2D eigenvalue weighted by atomic mass is 35.5. The van der Waals surface area contributed by atoms with E-state index in [-0.39, 0.29) is 5.35 Å². The average Bonchev–Trinajstić information content (AvgIpc) is 2.47. The number of nitriles is 1. The van der Waals surface area contributed by atoms with Gasteiger partial charge in [0.05, 0.1) is 12.5 Å². The van der Waals surface area contributed by atoms with Gasteiger partial charge in [0.1, 0.15) is 5.52 Å². The average molecular weight is 193 g/mol. The second-order valence-electron chi connectivity index (χ2n) is 2.57. The highest BCUT2D eigenvalue weighted by Gasteiger charge is 2.06. The Bertz CT molecular complexity index is 484. The molecule has 1 heterocycles. The first-order valence-electron chi connectivity index (χ1n) is 3.72. The number of fused-ring (bicyclic) bond motifs is 1. The number of para-hydroxylation sites is 1. The van der Waals surface area contributed by atoms with Gasteiger partial charge >= 0.3 is 0 Å². The largest absolute Gasteiger partial charge is 0.428 e. The van der Waals surface area contributed by atoms with Crippen LogP contribution in [0.4, 0.5) is 0 Å². The zero-order valence-corrected chi connectivity index (χ0v) is 7.38. The number of nitrogens with zero attached hydrogens (tertiary/aromatic N) is 2.